The largest absolute Gasteiger partial charge is 0.352 e. The molecule has 1 saturated carbocycles. The van der Waals surface area contributed by atoms with E-state index in [0.717, 1.165) is 41.1 Å². The van der Waals surface area contributed by atoms with Crippen molar-refractivity contribution in [3.05, 3.63) is 94.0 Å². The lowest BCUT2D eigenvalue weighted by Gasteiger charge is -2.32. The van der Waals surface area contributed by atoms with Gasteiger partial charge in [0.05, 0.1) is 20.6 Å². The van der Waals surface area contributed by atoms with Crippen LogP contribution in [-0.4, -0.2) is 50.3 Å². The van der Waals surface area contributed by atoms with E-state index in [-0.39, 0.29) is 39.1 Å². The lowest BCUT2D eigenvalue weighted by atomic mass is 10.1. The number of anilines is 1. The highest BCUT2D eigenvalue weighted by Crippen LogP contribution is 2.35. The second-order valence-corrected chi connectivity index (χ2v) is 13.0. The van der Waals surface area contributed by atoms with Gasteiger partial charge in [0.2, 0.25) is 11.8 Å². The molecule has 1 fully saturated rings. The van der Waals surface area contributed by atoms with E-state index in [9.17, 15) is 18.0 Å². The fourth-order valence-corrected chi connectivity index (χ4v) is 6.87. The molecule has 1 aliphatic rings. The molecule has 41 heavy (non-hydrogen) atoms. The number of rotatable bonds is 11. The molecule has 0 unspecified atom stereocenters. The third-order valence-corrected chi connectivity index (χ3v) is 10.0. The molecule has 218 valence electrons. The predicted molar refractivity (Wildman–Crippen MR) is 164 cm³/mol. The minimum Gasteiger partial charge on any atom is -0.352 e. The van der Waals surface area contributed by atoms with E-state index in [1.807, 2.05) is 37.3 Å². The first-order valence-corrected chi connectivity index (χ1v) is 15.9. The van der Waals surface area contributed by atoms with E-state index < -0.39 is 28.5 Å². The fraction of sp³-hybridized carbons (Fsp3) is 0.355. The van der Waals surface area contributed by atoms with Crippen LogP contribution in [0.5, 0.6) is 0 Å². The van der Waals surface area contributed by atoms with Gasteiger partial charge in [-0.25, -0.2) is 8.42 Å². The Morgan fingerprint density at radius 3 is 2.27 bits per heavy atom. The van der Waals surface area contributed by atoms with Gasteiger partial charge in [0.15, 0.2) is 0 Å². The summed E-state index contributed by atoms with van der Waals surface area (Å²) in [6.07, 6.45) is 4.43. The molecule has 1 aliphatic carbocycles. The Labute approximate surface area is 252 Å². The van der Waals surface area contributed by atoms with Crippen molar-refractivity contribution in [2.75, 3.05) is 17.4 Å². The minimum absolute atomic E-state index is 0.00908. The second-order valence-electron chi connectivity index (χ2n) is 10.4. The number of benzene rings is 3. The van der Waals surface area contributed by atoms with Crippen LogP contribution in [0.25, 0.3) is 0 Å². The van der Waals surface area contributed by atoms with Crippen molar-refractivity contribution in [3.63, 3.8) is 0 Å². The molecule has 3 aromatic carbocycles. The molecule has 7 nitrogen and oxygen atoms in total. The standard InChI is InChI=1S/C31H35Cl2N3O4S/c1-22-15-17-26(18-16-22)41(39,40)36(28-14-8-13-27(32)30(28)33)21-29(37)35(20-19-24-9-4-3-5-10-24)23(2)31(38)34-25-11-6-7-12-25/h3-5,8-10,13-18,23,25H,6-7,11-12,19-21H2,1-2H3,(H,34,38)/t23-/m0/s1. The third-order valence-electron chi connectivity index (χ3n) is 7.44. The summed E-state index contributed by atoms with van der Waals surface area (Å²) in [4.78, 5) is 28.8. The number of aryl methyl sites for hydroxylation is 1. The number of carbonyl (C=O) groups excluding carboxylic acids is 2. The van der Waals surface area contributed by atoms with Gasteiger partial charge in [0.25, 0.3) is 10.0 Å². The Bertz CT molecular complexity index is 1460. The number of amides is 2. The van der Waals surface area contributed by atoms with Gasteiger partial charge < -0.3 is 10.2 Å². The molecule has 0 aliphatic heterocycles. The monoisotopic (exact) mass is 615 g/mol. The van der Waals surface area contributed by atoms with E-state index in [1.54, 1.807) is 31.2 Å². The van der Waals surface area contributed by atoms with Crippen LogP contribution in [0.4, 0.5) is 5.69 Å². The molecule has 2 amide bonds. The maximum absolute atomic E-state index is 14.0. The molecular formula is C31H35Cl2N3O4S. The zero-order chi connectivity index (χ0) is 29.6. The zero-order valence-electron chi connectivity index (χ0n) is 23.2. The van der Waals surface area contributed by atoms with Gasteiger partial charge in [-0.05, 0) is 62.9 Å². The molecule has 0 saturated heterocycles. The van der Waals surface area contributed by atoms with Crippen LogP contribution >= 0.6 is 23.2 Å². The molecule has 0 aromatic heterocycles. The summed E-state index contributed by atoms with van der Waals surface area (Å²) < 4.78 is 28.9. The summed E-state index contributed by atoms with van der Waals surface area (Å²) in [5.74, 6) is -0.784. The molecule has 0 radical (unpaired) electrons. The van der Waals surface area contributed by atoms with Crippen molar-refractivity contribution in [2.45, 2.75) is 62.9 Å². The number of nitrogens with one attached hydrogen (secondary N) is 1. The summed E-state index contributed by atoms with van der Waals surface area (Å²) in [6, 6.07) is 19.9. The highest BCUT2D eigenvalue weighted by atomic mass is 35.5. The van der Waals surface area contributed by atoms with Crippen LogP contribution in [0, 0.1) is 6.92 Å². The molecule has 0 bridgehead atoms. The first-order chi connectivity index (χ1) is 19.6. The van der Waals surface area contributed by atoms with E-state index in [4.69, 9.17) is 23.2 Å². The molecular weight excluding hydrogens is 581 g/mol. The smallest absolute Gasteiger partial charge is 0.264 e. The Morgan fingerprint density at radius 2 is 1.61 bits per heavy atom. The van der Waals surface area contributed by atoms with Gasteiger partial charge in [0, 0.05) is 12.6 Å². The van der Waals surface area contributed by atoms with Crippen molar-refractivity contribution in [2.24, 2.45) is 0 Å². The molecule has 3 aromatic rings. The van der Waals surface area contributed by atoms with Gasteiger partial charge in [-0.15, -0.1) is 0 Å². The number of hydrogen-bond acceptors (Lipinski definition) is 4. The van der Waals surface area contributed by atoms with Crippen molar-refractivity contribution in [1.82, 2.24) is 10.2 Å². The summed E-state index contributed by atoms with van der Waals surface area (Å²) in [7, 11) is -4.23. The predicted octanol–water partition coefficient (Wildman–Crippen LogP) is 6.02. The Morgan fingerprint density at radius 1 is 0.951 bits per heavy atom. The molecule has 1 atom stereocenters. The lowest BCUT2D eigenvalue weighted by molar-refractivity contribution is -0.139. The van der Waals surface area contributed by atoms with Crippen LogP contribution in [-0.2, 0) is 26.0 Å². The summed E-state index contributed by atoms with van der Waals surface area (Å²) >= 11 is 12.8. The minimum atomic E-state index is -4.23. The van der Waals surface area contributed by atoms with Gasteiger partial charge in [-0.3, -0.25) is 13.9 Å². The van der Waals surface area contributed by atoms with Crippen molar-refractivity contribution in [3.8, 4) is 0 Å². The van der Waals surface area contributed by atoms with Crippen LogP contribution in [0.15, 0.2) is 77.7 Å². The SMILES string of the molecule is Cc1ccc(S(=O)(=O)N(CC(=O)N(CCc2ccccc2)[C@@H](C)C(=O)NC2CCCC2)c2cccc(Cl)c2Cl)cc1. The zero-order valence-corrected chi connectivity index (χ0v) is 25.6. The molecule has 10 heteroatoms. The van der Waals surface area contributed by atoms with E-state index >= 15 is 0 Å². The fourth-order valence-electron chi connectivity index (χ4n) is 5.00. The van der Waals surface area contributed by atoms with Crippen LogP contribution < -0.4 is 9.62 Å². The van der Waals surface area contributed by atoms with Crippen LogP contribution in [0.1, 0.15) is 43.7 Å². The Hall–Kier alpha value is -3.07. The van der Waals surface area contributed by atoms with E-state index in [1.165, 1.54) is 23.1 Å². The first-order valence-electron chi connectivity index (χ1n) is 13.7. The molecule has 4 rings (SSSR count). The Balaban J connectivity index is 1.67. The average Bonchev–Trinajstić information content (AvgIpc) is 3.47. The van der Waals surface area contributed by atoms with E-state index in [0.29, 0.717) is 6.42 Å². The topological polar surface area (TPSA) is 86.8 Å². The number of halogens is 2. The number of nitrogens with zero attached hydrogens (tertiary/aromatic N) is 2. The van der Waals surface area contributed by atoms with Crippen LogP contribution in [0.2, 0.25) is 10.0 Å². The molecule has 1 N–H and O–H groups in total. The van der Waals surface area contributed by atoms with Crippen LogP contribution in [0.3, 0.4) is 0 Å². The van der Waals surface area contributed by atoms with E-state index in [2.05, 4.69) is 5.32 Å². The molecule has 0 heterocycles. The maximum Gasteiger partial charge on any atom is 0.264 e. The highest BCUT2D eigenvalue weighted by Gasteiger charge is 2.34. The number of hydrogen-bond donors (Lipinski definition) is 1. The average molecular weight is 617 g/mol. The van der Waals surface area contributed by atoms with Gasteiger partial charge in [-0.2, -0.15) is 0 Å². The van der Waals surface area contributed by atoms with Crippen molar-refractivity contribution in [1.29, 1.82) is 0 Å². The Kier molecular flexibility index (Phi) is 10.3. The quantitative estimate of drug-likeness (QED) is 0.286. The lowest BCUT2D eigenvalue weighted by Crippen LogP contribution is -2.53. The van der Waals surface area contributed by atoms with Crippen molar-refractivity contribution >= 4 is 50.7 Å². The van der Waals surface area contributed by atoms with Crippen molar-refractivity contribution < 1.29 is 18.0 Å². The second kappa shape index (κ2) is 13.7. The summed E-state index contributed by atoms with van der Waals surface area (Å²) in [5.41, 5.74) is 1.97. The third kappa shape index (κ3) is 7.61. The normalized spacial score (nSPS) is 14.4. The number of carbonyl (C=O) groups is 2. The summed E-state index contributed by atoms with van der Waals surface area (Å²) in [6.45, 7) is 3.20. The summed E-state index contributed by atoms with van der Waals surface area (Å²) in [5, 5.41) is 3.24. The van der Waals surface area contributed by atoms with Gasteiger partial charge in [0.1, 0.15) is 12.6 Å². The van der Waals surface area contributed by atoms with Gasteiger partial charge >= 0.3 is 0 Å². The molecule has 0 spiro atoms. The maximum atomic E-state index is 14.0. The first kappa shape index (κ1) is 30.9. The highest BCUT2D eigenvalue weighted by molar-refractivity contribution is 7.92. The number of sulfonamides is 1. The van der Waals surface area contributed by atoms with Gasteiger partial charge in [-0.1, -0.05) is 90.1 Å².